The first kappa shape index (κ1) is 36.8. The molecule has 0 saturated carbocycles. The van der Waals surface area contributed by atoms with Crippen LogP contribution in [0.2, 0.25) is 0 Å². The number of rotatable bonds is 9. The van der Waals surface area contributed by atoms with Gasteiger partial charge in [-0.25, -0.2) is 0 Å². The Morgan fingerprint density at radius 3 is 1.37 bits per heavy atom. The number of fused-ring (bicyclic) bond motifs is 3. The summed E-state index contributed by atoms with van der Waals surface area (Å²) in [5.41, 5.74) is 18.5. The van der Waals surface area contributed by atoms with Crippen LogP contribution in [0.3, 0.4) is 0 Å². The molecule has 2 nitrogen and oxygen atoms in total. The van der Waals surface area contributed by atoms with Gasteiger partial charge in [0.15, 0.2) is 0 Å². The third-order valence-electron chi connectivity index (χ3n) is 12.0. The SMILES string of the molecule is c1ccc(-c2ccccc2-c2c(-c3ccccc3)cccc2N(c2ccc(-c3cccc(-n4c5ccccc5c5ccccc54)c3)cc2)c2ccccc2-c2ccccc2)cc1. The molecule has 11 aromatic rings. The van der Waals surface area contributed by atoms with Crippen molar-refractivity contribution in [1.29, 1.82) is 0 Å². The zero-order valence-electron chi connectivity index (χ0n) is 34.1. The van der Waals surface area contributed by atoms with Gasteiger partial charge in [0.25, 0.3) is 0 Å². The zero-order valence-corrected chi connectivity index (χ0v) is 34.1. The van der Waals surface area contributed by atoms with Crippen molar-refractivity contribution < 1.29 is 0 Å². The van der Waals surface area contributed by atoms with Gasteiger partial charge in [-0.15, -0.1) is 0 Å². The molecule has 0 spiro atoms. The van der Waals surface area contributed by atoms with Crippen molar-refractivity contribution in [3.8, 4) is 61.3 Å². The Morgan fingerprint density at radius 2 is 0.726 bits per heavy atom. The third kappa shape index (κ3) is 6.65. The number of anilines is 3. The van der Waals surface area contributed by atoms with E-state index in [0.717, 1.165) is 45.0 Å². The lowest BCUT2D eigenvalue weighted by molar-refractivity contribution is 1.18. The molecule has 0 atom stereocenters. The molecule has 0 aliphatic carbocycles. The van der Waals surface area contributed by atoms with E-state index in [1.165, 1.54) is 55.2 Å². The van der Waals surface area contributed by atoms with Gasteiger partial charge in [0, 0.05) is 33.3 Å². The highest BCUT2D eigenvalue weighted by molar-refractivity contribution is 6.09. The molecule has 0 aliphatic heterocycles. The van der Waals surface area contributed by atoms with Crippen molar-refractivity contribution in [3.05, 3.63) is 255 Å². The molecule has 0 aliphatic rings. The highest BCUT2D eigenvalue weighted by Gasteiger charge is 2.24. The van der Waals surface area contributed by atoms with Gasteiger partial charge in [-0.1, -0.05) is 206 Å². The Hall–Kier alpha value is -8.20. The van der Waals surface area contributed by atoms with E-state index in [0.29, 0.717) is 0 Å². The molecule has 10 aromatic carbocycles. The highest BCUT2D eigenvalue weighted by Crippen LogP contribution is 2.50. The van der Waals surface area contributed by atoms with E-state index in [4.69, 9.17) is 0 Å². The van der Waals surface area contributed by atoms with E-state index in [-0.39, 0.29) is 0 Å². The minimum atomic E-state index is 1.07. The maximum absolute atomic E-state index is 2.46. The van der Waals surface area contributed by atoms with Crippen LogP contribution in [0.4, 0.5) is 17.1 Å². The van der Waals surface area contributed by atoms with E-state index in [2.05, 4.69) is 264 Å². The summed E-state index contributed by atoms with van der Waals surface area (Å²) in [5.74, 6) is 0. The number of hydrogen-bond donors (Lipinski definition) is 0. The van der Waals surface area contributed by atoms with Crippen LogP contribution < -0.4 is 4.90 Å². The Morgan fingerprint density at radius 1 is 0.274 bits per heavy atom. The third-order valence-corrected chi connectivity index (χ3v) is 12.0. The molecule has 62 heavy (non-hydrogen) atoms. The molecule has 2 heteroatoms. The molecule has 11 rings (SSSR count). The number of nitrogens with zero attached hydrogens (tertiary/aromatic N) is 2. The predicted molar refractivity (Wildman–Crippen MR) is 263 cm³/mol. The molecule has 292 valence electrons. The van der Waals surface area contributed by atoms with Crippen molar-refractivity contribution in [2.75, 3.05) is 4.90 Å². The van der Waals surface area contributed by atoms with E-state index in [9.17, 15) is 0 Å². The first-order valence-corrected chi connectivity index (χ1v) is 21.3. The van der Waals surface area contributed by atoms with Crippen LogP contribution in [-0.2, 0) is 0 Å². The summed E-state index contributed by atoms with van der Waals surface area (Å²) < 4.78 is 2.39. The van der Waals surface area contributed by atoms with Crippen LogP contribution in [0.5, 0.6) is 0 Å². The van der Waals surface area contributed by atoms with Gasteiger partial charge in [-0.05, 0) is 93.0 Å². The second-order valence-corrected chi connectivity index (χ2v) is 15.7. The second kappa shape index (κ2) is 16.1. The quantitative estimate of drug-likeness (QED) is 0.141. The fraction of sp³-hybridized carbons (Fsp3) is 0. The lowest BCUT2D eigenvalue weighted by atomic mass is 9.87. The Balaban J connectivity index is 1.11. The Labute approximate surface area is 362 Å². The molecule has 0 unspecified atom stereocenters. The lowest BCUT2D eigenvalue weighted by Crippen LogP contribution is -2.13. The van der Waals surface area contributed by atoms with Crippen LogP contribution in [0.1, 0.15) is 0 Å². The van der Waals surface area contributed by atoms with Crippen LogP contribution >= 0.6 is 0 Å². The van der Waals surface area contributed by atoms with Gasteiger partial charge >= 0.3 is 0 Å². The lowest BCUT2D eigenvalue weighted by Gasteiger charge is -2.31. The molecule has 0 fully saturated rings. The average molecular weight is 791 g/mol. The van der Waals surface area contributed by atoms with Crippen molar-refractivity contribution >= 4 is 38.9 Å². The smallest absolute Gasteiger partial charge is 0.0546 e. The summed E-state index contributed by atoms with van der Waals surface area (Å²) in [7, 11) is 0. The van der Waals surface area contributed by atoms with Crippen molar-refractivity contribution in [2.24, 2.45) is 0 Å². The van der Waals surface area contributed by atoms with Gasteiger partial charge in [0.05, 0.1) is 22.4 Å². The minimum absolute atomic E-state index is 1.07. The van der Waals surface area contributed by atoms with E-state index >= 15 is 0 Å². The van der Waals surface area contributed by atoms with Crippen LogP contribution in [0, 0.1) is 0 Å². The Kier molecular flexibility index (Phi) is 9.57. The maximum Gasteiger partial charge on any atom is 0.0546 e. The van der Waals surface area contributed by atoms with E-state index in [1.807, 2.05) is 0 Å². The van der Waals surface area contributed by atoms with Gasteiger partial charge in [0.2, 0.25) is 0 Å². The topological polar surface area (TPSA) is 8.17 Å². The summed E-state index contributed by atoms with van der Waals surface area (Å²) in [4.78, 5) is 2.46. The molecular weight excluding hydrogens is 749 g/mol. The summed E-state index contributed by atoms with van der Waals surface area (Å²) in [6, 6.07) is 92.1. The second-order valence-electron chi connectivity index (χ2n) is 15.7. The van der Waals surface area contributed by atoms with Crippen molar-refractivity contribution in [1.82, 2.24) is 4.57 Å². The summed E-state index contributed by atoms with van der Waals surface area (Å²) >= 11 is 0. The molecule has 0 amide bonds. The van der Waals surface area contributed by atoms with Crippen LogP contribution in [0.25, 0.3) is 83.1 Å². The first-order chi connectivity index (χ1) is 30.8. The summed E-state index contributed by atoms with van der Waals surface area (Å²) in [5, 5.41) is 2.52. The number of para-hydroxylation sites is 3. The van der Waals surface area contributed by atoms with E-state index in [1.54, 1.807) is 0 Å². The predicted octanol–water partition coefficient (Wildman–Crippen LogP) is 16.6. The van der Waals surface area contributed by atoms with Crippen molar-refractivity contribution in [3.63, 3.8) is 0 Å². The molecule has 0 N–H and O–H groups in total. The Bertz CT molecular complexity index is 3280. The standard InChI is InChI=1S/C60H42N2/c1-4-20-44(21-5-1)50-28-10-11-32-55(50)60-52(46-24-8-3-9-25-46)33-19-37-59(60)61(56-34-15-12-29-51(56)45-22-6-2-7-23-45)48-40-38-43(39-41-48)47-26-18-27-49(42-47)62-57-35-16-13-30-53(57)54-31-14-17-36-58(54)62/h1-42H. The van der Waals surface area contributed by atoms with Gasteiger partial charge < -0.3 is 9.47 Å². The molecule has 0 radical (unpaired) electrons. The minimum Gasteiger partial charge on any atom is -0.309 e. The molecular formula is C60H42N2. The first-order valence-electron chi connectivity index (χ1n) is 21.3. The summed E-state index contributed by atoms with van der Waals surface area (Å²) in [6.45, 7) is 0. The van der Waals surface area contributed by atoms with Gasteiger partial charge in [0.1, 0.15) is 0 Å². The molecule has 0 saturated heterocycles. The number of aromatic nitrogens is 1. The fourth-order valence-corrected chi connectivity index (χ4v) is 9.20. The highest BCUT2D eigenvalue weighted by atomic mass is 15.1. The summed E-state index contributed by atoms with van der Waals surface area (Å²) in [6.07, 6.45) is 0. The van der Waals surface area contributed by atoms with Gasteiger partial charge in [-0.3, -0.25) is 0 Å². The average Bonchev–Trinajstić information content (AvgIpc) is 3.70. The fourth-order valence-electron chi connectivity index (χ4n) is 9.20. The monoisotopic (exact) mass is 790 g/mol. The van der Waals surface area contributed by atoms with Crippen LogP contribution in [0.15, 0.2) is 255 Å². The zero-order chi connectivity index (χ0) is 41.2. The van der Waals surface area contributed by atoms with E-state index < -0.39 is 0 Å². The van der Waals surface area contributed by atoms with Crippen molar-refractivity contribution in [2.45, 2.75) is 0 Å². The largest absolute Gasteiger partial charge is 0.309 e. The number of hydrogen-bond acceptors (Lipinski definition) is 1. The van der Waals surface area contributed by atoms with Gasteiger partial charge in [-0.2, -0.15) is 0 Å². The molecule has 1 heterocycles. The molecule has 1 aromatic heterocycles. The number of benzene rings is 10. The molecule has 0 bridgehead atoms. The van der Waals surface area contributed by atoms with Crippen LogP contribution in [-0.4, -0.2) is 4.57 Å². The maximum atomic E-state index is 2.46. The normalized spacial score (nSPS) is 11.2.